The Hall–Kier alpha value is -2.02. The van der Waals surface area contributed by atoms with E-state index in [2.05, 4.69) is 20.4 Å². The fraction of sp³-hybridized carbons (Fsp3) is 0.500. The van der Waals surface area contributed by atoms with Crippen molar-refractivity contribution in [2.45, 2.75) is 32.0 Å². The standard InChI is InChI=1S/C14H18FN5O/c1-19(8-10-3-6-13(21-2)12(15)7-10)9-14-16-17-18-20(14)11-4-5-11/h3,6-7,11H,4-5,8-9H2,1-2H3. The van der Waals surface area contributed by atoms with Gasteiger partial charge in [0.1, 0.15) is 0 Å². The van der Waals surface area contributed by atoms with Gasteiger partial charge in [-0.2, -0.15) is 0 Å². The van der Waals surface area contributed by atoms with Gasteiger partial charge < -0.3 is 4.74 Å². The Morgan fingerprint density at radius 3 is 2.86 bits per heavy atom. The monoisotopic (exact) mass is 291 g/mol. The summed E-state index contributed by atoms with van der Waals surface area (Å²) >= 11 is 0. The fourth-order valence-electron chi connectivity index (χ4n) is 2.34. The molecule has 0 amide bonds. The number of hydrogen-bond donors (Lipinski definition) is 0. The fourth-order valence-corrected chi connectivity index (χ4v) is 2.34. The van der Waals surface area contributed by atoms with E-state index in [0.717, 1.165) is 24.2 Å². The maximum absolute atomic E-state index is 13.7. The molecule has 1 aromatic heterocycles. The van der Waals surface area contributed by atoms with Crippen molar-refractivity contribution in [3.8, 4) is 5.75 Å². The third-order valence-corrected chi connectivity index (χ3v) is 3.53. The molecule has 0 unspecified atom stereocenters. The maximum Gasteiger partial charge on any atom is 0.165 e. The predicted octanol–water partition coefficient (Wildman–Crippen LogP) is 1.79. The molecule has 3 rings (SSSR count). The van der Waals surface area contributed by atoms with E-state index in [0.29, 0.717) is 19.1 Å². The van der Waals surface area contributed by atoms with Crippen LogP contribution in [0.15, 0.2) is 18.2 Å². The Labute approximate surface area is 122 Å². The number of hydrogen-bond acceptors (Lipinski definition) is 5. The van der Waals surface area contributed by atoms with E-state index in [9.17, 15) is 4.39 Å². The van der Waals surface area contributed by atoms with Crippen LogP contribution in [-0.2, 0) is 13.1 Å². The van der Waals surface area contributed by atoms with E-state index < -0.39 is 0 Å². The molecule has 2 aromatic rings. The van der Waals surface area contributed by atoms with Crippen molar-refractivity contribution in [2.75, 3.05) is 14.2 Å². The highest BCUT2D eigenvalue weighted by atomic mass is 19.1. The van der Waals surface area contributed by atoms with Gasteiger partial charge in [0.25, 0.3) is 0 Å². The molecule has 1 heterocycles. The smallest absolute Gasteiger partial charge is 0.165 e. The van der Waals surface area contributed by atoms with E-state index >= 15 is 0 Å². The van der Waals surface area contributed by atoms with Crippen molar-refractivity contribution < 1.29 is 9.13 Å². The molecule has 1 aliphatic rings. The lowest BCUT2D eigenvalue weighted by molar-refractivity contribution is 0.301. The summed E-state index contributed by atoms with van der Waals surface area (Å²) in [6.45, 7) is 1.26. The van der Waals surface area contributed by atoms with Crippen LogP contribution in [0.5, 0.6) is 5.75 Å². The lowest BCUT2D eigenvalue weighted by Crippen LogP contribution is -2.20. The molecule has 0 radical (unpaired) electrons. The van der Waals surface area contributed by atoms with Crippen LogP contribution in [0.2, 0.25) is 0 Å². The number of methoxy groups -OCH3 is 1. The second-order valence-electron chi connectivity index (χ2n) is 5.41. The molecule has 0 bridgehead atoms. The van der Waals surface area contributed by atoms with Gasteiger partial charge in [0, 0.05) is 6.54 Å². The van der Waals surface area contributed by atoms with Gasteiger partial charge in [-0.05, 0) is 48.0 Å². The molecule has 21 heavy (non-hydrogen) atoms. The lowest BCUT2D eigenvalue weighted by Gasteiger charge is -2.16. The number of rotatable bonds is 6. The van der Waals surface area contributed by atoms with Crippen molar-refractivity contribution in [2.24, 2.45) is 0 Å². The minimum atomic E-state index is -0.341. The van der Waals surface area contributed by atoms with Gasteiger partial charge in [0.2, 0.25) is 0 Å². The normalized spacial score (nSPS) is 14.7. The Balaban J connectivity index is 1.64. The number of tetrazole rings is 1. The summed E-state index contributed by atoms with van der Waals surface area (Å²) in [5, 5.41) is 11.8. The first kappa shape index (κ1) is 13.9. The van der Waals surface area contributed by atoms with Crippen LogP contribution in [0.25, 0.3) is 0 Å². The third-order valence-electron chi connectivity index (χ3n) is 3.53. The molecule has 0 N–H and O–H groups in total. The van der Waals surface area contributed by atoms with E-state index in [4.69, 9.17) is 4.74 Å². The summed E-state index contributed by atoms with van der Waals surface area (Å²) < 4.78 is 20.5. The zero-order valence-electron chi connectivity index (χ0n) is 12.2. The molecule has 0 saturated heterocycles. The van der Waals surface area contributed by atoms with Crippen LogP contribution in [-0.4, -0.2) is 39.3 Å². The van der Waals surface area contributed by atoms with E-state index in [-0.39, 0.29) is 11.6 Å². The predicted molar refractivity (Wildman–Crippen MR) is 74.2 cm³/mol. The van der Waals surface area contributed by atoms with Gasteiger partial charge in [0.05, 0.1) is 19.7 Å². The van der Waals surface area contributed by atoms with Gasteiger partial charge in [-0.3, -0.25) is 4.90 Å². The molecule has 1 saturated carbocycles. The first-order valence-corrected chi connectivity index (χ1v) is 6.95. The second-order valence-corrected chi connectivity index (χ2v) is 5.41. The van der Waals surface area contributed by atoms with Crippen molar-refractivity contribution in [1.29, 1.82) is 0 Å². The first-order chi connectivity index (χ1) is 10.2. The minimum absolute atomic E-state index is 0.263. The van der Waals surface area contributed by atoms with Gasteiger partial charge in [-0.15, -0.1) is 5.10 Å². The highest BCUT2D eigenvalue weighted by Gasteiger charge is 2.27. The van der Waals surface area contributed by atoms with E-state index in [1.165, 1.54) is 13.2 Å². The second kappa shape index (κ2) is 5.77. The Kier molecular flexibility index (Phi) is 3.83. The van der Waals surface area contributed by atoms with Gasteiger partial charge in [-0.25, -0.2) is 9.07 Å². The molecule has 0 spiro atoms. The molecule has 1 fully saturated rings. The molecule has 1 aromatic carbocycles. The lowest BCUT2D eigenvalue weighted by atomic mass is 10.2. The molecule has 0 aliphatic heterocycles. The number of aromatic nitrogens is 4. The largest absolute Gasteiger partial charge is 0.494 e. The average molecular weight is 291 g/mol. The van der Waals surface area contributed by atoms with Crippen LogP contribution in [0, 0.1) is 5.82 Å². The Bertz CT molecular complexity index is 626. The van der Waals surface area contributed by atoms with Crippen LogP contribution in [0.1, 0.15) is 30.3 Å². The average Bonchev–Trinajstić information content (AvgIpc) is 3.20. The highest BCUT2D eigenvalue weighted by Crippen LogP contribution is 2.34. The van der Waals surface area contributed by atoms with Crippen LogP contribution >= 0.6 is 0 Å². The number of ether oxygens (including phenoxy) is 1. The van der Waals surface area contributed by atoms with E-state index in [1.807, 2.05) is 17.8 Å². The molecule has 7 heteroatoms. The van der Waals surface area contributed by atoms with Crippen molar-refractivity contribution in [3.63, 3.8) is 0 Å². The maximum atomic E-state index is 13.7. The van der Waals surface area contributed by atoms with Gasteiger partial charge >= 0.3 is 0 Å². The number of halogens is 1. The topological polar surface area (TPSA) is 56.1 Å². The summed E-state index contributed by atoms with van der Waals surface area (Å²) in [6.07, 6.45) is 2.29. The summed E-state index contributed by atoms with van der Waals surface area (Å²) in [6, 6.07) is 5.47. The van der Waals surface area contributed by atoms with Crippen LogP contribution in [0.4, 0.5) is 4.39 Å². The van der Waals surface area contributed by atoms with Crippen molar-refractivity contribution in [1.82, 2.24) is 25.1 Å². The summed E-state index contributed by atoms with van der Waals surface area (Å²) in [5.74, 6) is 0.777. The summed E-state index contributed by atoms with van der Waals surface area (Å²) in [7, 11) is 3.43. The highest BCUT2D eigenvalue weighted by molar-refractivity contribution is 5.29. The first-order valence-electron chi connectivity index (χ1n) is 6.95. The molecule has 1 aliphatic carbocycles. The van der Waals surface area contributed by atoms with Crippen LogP contribution < -0.4 is 4.74 Å². The SMILES string of the molecule is COc1ccc(CN(C)Cc2nnnn2C2CC2)cc1F. The molecular formula is C14H18FN5O. The number of nitrogens with zero attached hydrogens (tertiary/aromatic N) is 5. The summed E-state index contributed by atoms with van der Waals surface area (Å²) in [4.78, 5) is 2.06. The molecule has 6 nitrogen and oxygen atoms in total. The zero-order valence-corrected chi connectivity index (χ0v) is 12.2. The molecule has 112 valence electrons. The van der Waals surface area contributed by atoms with Crippen LogP contribution in [0.3, 0.4) is 0 Å². The quantitative estimate of drug-likeness (QED) is 0.812. The van der Waals surface area contributed by atoms with E-state index in [1.54, 1.807) is 6.07 Å². The summed E-state index contributed by atoms with van der Waals surface area (Å²) in [5.41, 5.74) is 0.890. The third kappa shape index (κ3) is 3.18. The molecular weight excluding hydrogens is 273 g/mol. The Morgan fingerprint density at radius 1 is 1.38 bits per heavy atom. The molecule has 0 atom stereocenters. The van der Waals surface area contributed by atoms with Crippen molar-refractivity contribution in [3.05, 3.63) is 35.4 Å². The minimum Gasteiger partial charge on any atom is -0.494 e. The van der Waals surface area contributed by atoms with Gasteiger partial charge in [-0.1, -0.05) is 6.07 Å². The zero-order chi connectivity index (χ0) is 14.8. The Morgan fingerprint density at radius 2 is 2.19 bits per heavy atom. The van der Waals surface area contributed by atoms with Crippen molar-refractivity contribution >= 4 is 0 Å². The number of benzene rings is 1. The van der Waals surface area contributed by atoms with Gasteiger partial charge in [0.15, 0.2) is 17.4 Å².